The minimum atomic E-state index is -0.245. The first-order valence-corrected chi connectivity index (χ1v) is 8.74. The average Bonchev–Trinajstić information content (AvgIpc) is 3.08. The Bertz CT molecular complexity index is 715. The maximum Gasteiger partial charge on any atom is 0.250 e. The molecule has 2 aliphatic rings. The van der Waals surface area contributed by atoms with Crippen LogP contribution in [0.25, 0.3) is 5.95 Å². The number of anilines is 1. The largest absolute Gasteiger partial charge is 0.378 e. The summed E-state index contributed by atoms with van der Waals surface area (Å²) in [4.78, 5) is 23.2. The highest BCUT2D eigenvalue weighted by Gasteiger charge is 2.32. The summed E-state index contributed by atoms with van der Waals surface area (Å²) in [6, 6.07) is 1.50. The second-order valence-electron chi connectivity index (χ2n) is 6.59. The summed E-state index contributed by atoms with van der Waals surface area (Å²) in [6.45, 7) is 2.93. The van der Waals surface area contributed by atoms with Gasteiger partial charge in [-0.1, -0.05) is 6.42 Å². The highest BCUT2D eigenvalue weighted by molar-refractivity contribution is 5.94. The van der Waals surface area contributed by atoms with Crippen LogP contribution >= 0.6 is 0 Å². The van der Waals surface area contributed by atoms with Gasteiger partial charge in [-0.2, -0.15) is 5.10 Å². The molecular weight excluding hydrogens is 320 g/mol. The Labute approximate surface area is 146 Å². The molecule has 2 aromatic heterocycles. The molecule has 2 fully saturated rings. The van der Waals surface area contributed by atoms with Crippen LogP contribution in [0.5, 0.6) is 0 Å². The van der Waals surface area contributed by atoms with Crippen LogP contribution in [0.1, 0.15) is 19.3 Å². The first-order chi connectivity index (χ1) is 12.3. The molecule has 25 heavy (non-hydrogen) atoms. The van der Waals surface area contributed by atoms with Crippen LogP contribution in [-0.2, 0) is 9.53 Å². The molecule has 4 rings (SSSR count). The number of morpholine rings is 1. The van der Waals surface area contributed by atoms with Crippen LogP contribution in [0, 0.1) is 5.92 Å². The lowest BCUT2D eigenvalue weighted by Gasteiger charge is -2.39. The van der Waals surface area contributed by atoms with E-state index in [-0.39, 0.29) is 11.9 Å². The fraction of sp³-hybridized carbons (Fsp3) is 0.529. The predicted octanol–water partition coefficient (Wildman–Crippen LogP) is 1.10. The molecular formula is C17H22N6O2. The molecule has 0 radical (unpaired) electrons. The SMILES string of the molecule is O=C(Nc1cnn(-c2ncccn2)c1)[C@@H]1COCCN1CC1CCC1. The molecule has 1 saturated heterocycles. The molecule has 0 aromatic carbocycles. The van der Waals surface area contributed by atoms with Crippen LogP contribution in [-0.4, -0.2) is 62.9 Å². The normalized spacial score (nSPS) is 21.7. The Balaban J connectivity index is 1.41. The maximum atomic E-state index is 12.7. The highest BCUT2D eigenvalue weighted by Crippen LogP contribution is 2.28. The van der Waals surface area contributed by atoms with Gasteiger partial charge in [0.25, 0.3) is 0 Å². The first-order valence-electron chi connectivity index (χ1n) is 8.74. The van der Waals surface area contributed by atoms with Gasteiger partial charge >= 0.3 is 0 Å². The van der Waals surface area contributed by atoms with Crippen molar-refractivity contribution in [1.29, 1.82) is 0 Å². The van der Waals surface area contributed by atoms with Crippen molar-refractivity contribution in [1.82, 2.24) is 24.6 Å². The summed E-state index contributed by atoms with van der Waals surface area (Å²) >= 11 is 0. The van der Waals surface area contributed by atoms with Gasteiger partial charge in [0.15, 0.2) is 0 Å². The van der Waals surface area contributed by atoms with E-state index in [1.54, 1.807) is 35.5 Å². The number of aromatic nitrogens is 4. The van der Waals surface area contributed by atoms with Crippen molar-refractivity contribution in [2.75, 3.05) is 31.6 Å². The van der Waals surface area contributed by atoms with Crippen LogP contribution in [0.4, 0.5) is 5.69 Å². The van der Waals surface area contributed by atoms with Gasteiger partial charge in [-0.15, -0.1) is 0 Å². The van der Waals surface area contributed by atoms with E-state index in [4.69, 9.17) is 4.74 Å². The molecule has 0 unspecified atom stereocenters. The smallest absolute Gasteiger partial charge is 0.250 e. The Kier molecular flexibility index (Phi) is 4.71. The lowest BCUT2D eigenvalue weighted by atomic mass is 9.84. The van der Waals surface area contributed by atoms with Gasteiger partial charge < -0.3 is 10.1 Å². The van der Waals surface area contributed by atoms with Gasteiger partial charge in [-0.25, -0.2) is 14.6 Å². The van der Waals surface area contributed by atoms with Crippen molar-refractivity contribution in [3.8, 4) is 5.95 Å². The van der Waals surface area contributed by atoms with Crippen LogP contribution in [0.15, 0.2) is 30.9 Å². The molecule has 1 amide bonds. The van der Waals surface area contributed by atoms with Gasteiger partial charge in [0, 0.05) is 25.5 Å². The average molecular weight is 342 g/mol. The molecule has 1 aliphatic heterocycles. The molecule has 1 saturated carbocycles. The van der Waals surface area contributed by atoms with E-state index < -0.39 is 0 Å². The third-order valence-corrected chi connectivity index (χ3v) is 4.87. The van der Waals surface area contributed by atoms with E-state index in [2.05, 4.69) is 25.3 Å². The number of rotatable bonds is 5. The predicted molar refractivity (Wildman–Crippen MR) is 91.3 cm³/mol. The van der Waals surface area contributed by atoms with Crippen molar-refractivity contribution in [2.24, 2.45) is 5.92 Å². The second kappa shape index (κ2) is 7.28. The quantitative estimate of drug-likeness (QED) is 0.876. The van der Waals surface area contributed by atoms with E-state index in [0.29, 0.717) is 24.8 Å². The fourth-order valence-corrected chi connectivity index (χ4v) is 3.24. The molecule has 0 spiro atoms. The van der Waals surface area contributed by atoms with Gasteiger partial charge in [0.05, 0.1) is 31.3 Å². The monoisotopic (exact) mass is 342 g/mol. The molecule has 1 aliphatic carbocycles. The van der Waals surface area contributed by atoms with Crippen molar-refractivity contribution in [3.05, 3.63) is 30.9 Å². The summed E-state index contributed by atoms with van der Waals surface area (Å²) in [6.07, 6.45) is 10.5. The third-order valence-electron chi connectivity index (χ3n) is 4.87. The van der Waals surface area contributed by atoms with Crippen LogP contribution < -0.4 is 5.32 Å². The Morgan fingerprint density at radius 1 is 1.32 bits per heavy atom. The first kappa shape index (κ1) is 16.2. The minimum Gasteiger partial charge on any atom is -0.378 e. The van der Waals surface area contributed by atoms with Crippen LogP contribution in [0.2, 0.25) is 0 Å². The lowest BCUT2D eigenvalue weighted by molar-refractivity contribution is -0.128. The van der Waals surface area contributed by atoms with E-state index in [0.717, 1.165) is 19.0 Å². The molecule has 8 heteroatoms. The third kappa shape index (κ3) is 3.69. The topological polar surface area (TPSA) is 85.2 Å². The molecule has 1 atom stereocenters. The van der Waals surface area contributed by atoms with Gasteiger partial charge in [0.2, 0.25) is 11.9 Å². The highest BCUT2D eigenvalue weighted by atomic mass is 16.5. The zero-order valence-electron chi connectivity index (χ0n) is 14.0. The summed E-state index contributed by atoms with van der Waals surface area (Å²) in [5.41, 5.74) is 0.631. The molecule has 132 valence electrons. The Morgan fingerprint density at radius 2 is 2.16 bits per heavy atom. The van der Waals surface area contributed by atoms with Crippen LogP contribution in [0.3, 0.4) is 0 Å². The number of nitrogens with zero attached hydrogens (tertiary/aromatic N) is 5. The Hall–Kier alpha value is -2.32. The van der Waals surface area contributed by atoms with Crippen molar-refractivity contribution in [3.63, 3.8) is 0 Å². The molecule has 3 heterocycles. The number of hydrogen-bond acceptors (Lipinski definition) is 6. The minimum absolute atomic E-state index is 0.0486. The van der Waals surface area contributed by atoms with Crippen molar-refractivity contribution in [2.45, 2.75) is 25.3 Å². The van der Waals surface area contributed by atoms with Crippen molar-refractivity contribution < 1.29 is 9.53 Å². The number of amides is 1. The Morgan fingerprint density at radius 3 is 2.92 bits per heavy atom. The van der Waals surface area contributed by atoms with Gasteiger partial charge in [0.1, 0.15) is 6.04 Å². The number of nitrogens with one attached hydrogen (secondary N) is 1. The molecule has 2 aromatic rings. The number of hydrogen-bond donors (Lipinski definition) is 1. The summed E-state index contributed by atoms with van der Waals surface area (Å²) in [5.74, 6) is 1.15. The van der Waals surface area contributed by atoms with Gasteiger partial charge in [-0.3, -0.25) is 9.69 Å². The standard InChI is InChI=1S/C17H22N6O2/c24-16(15-12-25-8-7-22(15)10-13-3-1-4-13)21-14-9-20-23(11-14)17-18-5-2-6-19-17/h2,5-6,9,11,13,15H,1,3-4,7-8,10,12H2,(H,21,24)/t15-/m0/s1. The second-order valence-corrected chi connectivity index (χ2v) is 6.59. The number of ether oxygens (including phenoxy) is 1. The van der Waals surface area contributed by atoms with E-state index >= 15 is 0 Å². The van der Waals surface area contributed by atoms with Crippen molar-refractivity contribution >= 4 is 11.6 Å². The molecule has 8 nitrogen and oxygen atoms in total. The zero-order chi connectivity index (χ0) is 17.1. The molecule has 0 bridgehead atoms. The molecule has 1 N–H and O–H groups in total. The maximum absolute atomic E-state index is 12.7. The summed E-state index contributed by atoms with van der Waals surface area (Å²) in [7, 11) is 0. The lowest BCUT2D eigenvalue weighted by Crippen LogP contribution is -2.53. The van der Waals surface area contributed by atoms with E-state index in [1.807, 2.05) is 0 Å². The summed E-state index contributed by atoms with van der Waals surface area (Å²) in [5, 5.41) is 7.15. The summed E-state index contributed by atoms with van der Waals surface area (Å²) < 4.78 is 7.08. The zero-order valence-corrected chi connectivity index (χ0v) is 14.0. The number of carbonyl (C=O) groups is 1. The number of carbonyl (C=O) groups excluding carboxylic acids is 1. The van der Waals surface area contributed by atoms with E-state index in [9.17, 15) is 4.79 Å². The van der Waals surface area contributed by atoms with Gasteiger partial charge in [-0.05, 0) is 24.8 Å². The van der Waals surface area contributed by atoms with E-state index in [1.165, 1.54) is 19.3 Å². The fourth-order valence-electron chi connectivity index (χ4n) is 3.24.